The number of nitrogens with one attached hydrogen (secondary N) is 1. The molecule has 0 aliphatic rings. The Bertz CT molecular complexity index is 580. The Morgan fingerprint density at radius 1 is 1.56 bits per heavy atom. The maximum Gasteiger partial charge on any atom is 0.199 e. The molecular weight excluding hydrogens is 314 g/mol. The van der Waals surface area contributed by atoms with Gasteiger partial charge in [0.1, 0.15) is 6.61 Å². The van der Waals surface area contributed by atoms with Gasteiger partial charge >= 0.3 is 0 Å². The Kier molecular flexibility index (Phi) is 3.44. The van der Waals surface area contributed by atoms with Crippen molar-refractivity contribution in [3.8, 4) is 5.69 Å². The predicted octanol–water partition coefficient (Wildman–Crippen LogP) is 2.84. The molecule has 0 atom stereocenters. The lowest BCUT2D eigenvalue weighted by atomic mass is 10.3. The van der Waals surface area contributed by atoms with E-state index in [1.807, 2.05) is 6.07 Å². The summed E-state index contributed by atoms with van der Waals surface area (Å²) in [4.78, 5) is 0. The second kappa shape index (κ2) is 4.67. The molecule has 2 rings (SSSR count). The zero-order valence-electron chi connectivity index (χ0n) is 7.94. The van der Waals surface area contributed by atoms with Crippen LogP contribution in [0.5, 0.6) is 0 Å². The van der Waals surface area contributed by atoms with E-state index < -0.39 is 0 Å². The van der Waals surface area contributed by atoms with Crippen molar-refractivity contribution in [2.75, 3.05) is 0 Å². The Balaban J connectivity index is 2.71. The fourth-order valence-electron chi connectivity index (χ4n) is 1.34. The Morgan fingerprint density at radius 2 is 2.31 bits per heavy atom. The molecule has 4 nitrogen and oxygen atoms in total. The van der Waals surface area contributed by atoms with Gasteiger partial charge in [-0.25, -0.2) is 0 Å². The molecule has 0 amide bonds. The summed E-state index contributed by atoms with van der Waals surface area (Å²) in [6.45, 7) is -0.202. The van der Waals surface area contributed by atoms with Crippen molar-refractivity contribution in [1.29, 1.82) is 0 Å². The lowest BCUT2D eigenvalue weighted by molar-refractivity contribution is 0.268. The van der Waals surface area contributed by atoms with Crippen LogP contribution < -0.4 is 0 Å². The molecule has 1 heterocycles. The maximum atomic E-state index is 9.16. The van der Waals surface area contributed by atoms with Crippen LogP contribution in [0.25, 0.3) is 5.69 Å². The topological polar surface area (TPSA) is 53.8 Å². The SMILES string of the molecule is OCc1n[nH]c(=S)n1-c1cc(Cl)ccc1Br. The van der Waals surface area contributed by atoms with Crippen LogP contribution >= 0.6 is 39.7 Å². The number of hydrogen-bond acceptors (Lipinski definition) is 3. The highest BCUT2D eigenvalue weighted by molar-refractivity contribution is 9.10. The van der Waals surface area contributed by atoms with E-state index in [1.54, 1.807) is 16.7 Å². The van der Waals surface area contributed by atoms with Gasteiger partial charge < -0.3 is 5.11 Å². The number of aliphatic hydroxyl groups is 1. The number of aromatic amines is 1. The first kappa shape index (κ1) is 11.8. The molecule has 1 aromatic heterocycles. The quantitative estimate of drug-likeness (QED) is 0.837. The van der Waals surface area contributed by atoms with E-state index in [2.05, 4.69) is 26.1 Å². The summed E-state index contributed by atoms with van der Waals surface area (Å²) in [7, 11) is 0. The summed E-state index contributed by atoms with van der Waals surface area (Å²) in [6.07, 6.45) is 0. The monoisotopic (exact) mass is 319 g/mol. The smallest absolute Gasteiger partial charge is 0.199 e. The molecule has 0 radical (unpaired) electrons. The molecule has 0 unspecified atom stereocenters. The molecule has 1 aromatic carbocycles. The zero-order chi connectivity index (χ0) is 11.7. The van der Waals surface area contributed by atoms with Crippen molar-refractivity contribution in [3.63, 3.8) is 0 Å². The van der Waals surface area contributed by atoms with E-state index in [0.29, 0.717) is 15.6 Å². The number of hydrogen-bond donors (Lipinski definition) is 2. The van der Waals surface area contributed by atoms with Crippen LogP contribution in [0.3, 0.4) is 0 Å². The Morgan fingerprint density at radius 3 is 3.00 bits per heavy atom. The highest BCUT2D eigenvalue weighted by Crippen LogP contribution is 2.25. The van der Waals surface area contributed by atoms with Gasteiger partial charge in [0.15, 0.2) is 10.6 Å². The second-order valence-electron chi connectivity index (χ2n) is 3.03. The van der Waals surface area contributed by atoms with Gasteiger partial charge in [0.25, 0.3) is 0 Å². The molecule has 0 saturated heterocycles. The molecule has 0 bridgehead atoms. The largest absolute Gasteiger partial charge is 0.388 e. The van der Waals surface area contributed by atoms with Crippen LogP contribution in [0.1, 0.15) is 5.82 Å². The third-order valence-corrected chi connectivity index (χ3v) is 3.21. The lowest BCUT2D eigenvalue weighted by Gasteiger charge is -2.07. The number of halogens is 2. The summed E-state index contributed by atoms with van der Waals surface area (Å²) in [5.41, 5.74) is 0.746. The van der Waals surface area contributed by atoms with Gasteiger partial charge in [0, 0.05) is 9.50 Å². The molecule has 0 aliphatic heterocycles. The fraction of sp³-hybridized carbons (Fsp3) is 0.111. The van der Waals surface area contributed by atoms with Crippen LogP contribution in [-0.2, 0) is 6.61 Å². The summed E-state index contributed by atoms with van der Waals surface area (Å²) in [5, 5.41) is 16.3. The van der Waals surface area contributed by atoms with Crippen molar-refractivity contribution in [1.82, 2.24) is 14.8 Å². The van der Waals surface area contributed by atoms with Gasteiger partial charge in [-0.1, -0.05) is 11.6 Å². The van der Waals surface area contributed by atoms with E-state index in [0.717, 1.165) is 10.2 Å². The maximum absolute atomic E-state index is 9.16. The third-order valence-electron chi connectivity index (χ3n) is 2.03. The van der Waals surface area contributed by atoms with E-state index in [-0.39, 0.29) is 6.61 Å². The van der Waals surface area contributed by atoms with Gasteiger partial charge in [0.05, 0.1) is 5.69 Å². The van der Waals surface area contributed by atoms with Crippen LogP contribution in [0.2, 0.25) is 5.02 Å². The first-order valence-corrected chi connectivity index (χ1v) is 5.94. The molecule has 0 aliphatic carbocycles. The molecule has 84 valence electrons. The number of benzene rings is 1. The number of aliphatic hydroxyl groups excluding tert-OH is 1. The number of nitrogens with zero attached hydrogens (tertiary/aromatic N) is 2. The van der Waals surface area contributed by atoms with Gasteiger partial charge in [-0.15, -0.1) is 0 Å². The molecule has 7 heteroatoms. The molecular formula is C9H7BrClN3OS. The molecule has 2 aromatic rings. The average Bonchev–Trinajstić information content (AvgIpc) is 2.63. The fourth-order valence-corrected chi connectivity index (χ4v) is 2.18. The van der Waals surface area contributed by atoms with Crippen LogP contribution in [0.4, 0.5) is 0 Å². The summed E-state index contributed by atoms with van der Waals surface area (Å²) >= 11 is 14.4. The molecule has 2 N–H and O–H groups in total. The van der Waals surface area contributed by atoms with E-state index in [1.165, 1.54) is 0 Å². The minimum absolute atomic E-state index is 0.202. The summed E-state index contributed by atoms with van der Waals surface area (Å²) in [5.74, 6) is 0.438. The molecule has 0 spiro atoms. The molecule has 0 saturated carbocycles. The van der Waals surface area contributed by atoms with E-state index >= 15 is 0 Å². The minimum Gasteiger partial charge on any atom is -0.388 e. The number of rotatable bonds is 2. The minimum atomic E-state index is -0.202. The lowest BCUT2D eigenvalue weighted by Crippen LogP contribution is -2.02. The van der Waals surface area contributed by atoms with Gasteiger partial charge in [-0.05, 0) is 46.3 Å². The third kappa shape index (κ3) is 2.06. The van der Waals surface area contributed by atoms with Crippen LogP contribution in [0.15, 0.2) is 22.7 Å². The number of H-pyrrole nitrogens is 1. The number of aromatic nitrogens is 3. The van der Waals surface area contributed by atoms with Crippen LogP contribution in [-0.4, -0.2) is 19.9 Å². The van der Waals surface area contributed by atoms with Gasteiger partial charge in [-0.3, -0.25) is 9.67 Å². The first-order chi connectivity index (χ1) is 7.63. The normalized spacial score (nSPS) is 10.7. The predicted molar refractivity (Wildman–Crippen MR) is 67.4 cm³/mol. The second-order valence-corrected chi connectivity index (χ2v) is 4.71. The van der Waals surface area contributed by atoms with E-state index in [9.17, 15) is 0 Å². The van der Waals surface area contributed by atoms with Gasteiger partial charge in [-0.2, -0.15) is 5.10 Å². The molecule has 0 fully saturated rings. The Labute approximate surface area is 110 Å². The van der Waals surface area contributed by atoms with Crippen molar-refractivity contribution >= 4 is 39.7 Å². The van der Waals surface area contributed by atoms with Crippen molar-refractivity contribution < 1.29 is 5.11 Å². The Hall–Kier alpha value is -0.690. The van der Waals surface area contributed by atoms with Crippen molar-refractivity contribution in [2.24, 2.45) is 0 Å². The zero-order valence-corrected chi connectivity index (χ0v) is 11.1. The van der Waals surface area contributed by atoms with Crippen LogP contribution in [0, 0.1) is 4.77 Å². The van der Waals surface area contributed by atoms with Crippen molar-refractivity contribution in [3.05, 3.63) is 38.3 Å². The average molecular weight is 321 g/mol. The summed E-state index contributed by atoms with van der Waals surface area (Å²) < 4.78 is 2.86. The first-order valence-electron chi connectivity index (χ1n) is 4.36. The summed E-state index contributed by atoms with van der Waals surface area (Å²) in [6, 6.07) is 5.32. The molecule has 16 heavy (non-hydrogen) atoms. The van der Waals surface area contributed by atoms with Crippen molar-refractivity contribution in [2.45, 2.75) is 6.61 Å². The standard InChI is InChI=1S/C9H7BrClN3OS/c10-6-2-1-5(11)3-7(6)14-8(4-15)12-13-9(14)16/h1-3,15H,4H2,(H,13,16). The van der Waals surface area contributed by atoms with E-state index in [4.69, 9.17) is 28.9 Å². The highest BCUT2D eigenvalue weighted by Gasteiger charge is 2.10. The highest BCUT2D eigenvalue weighted by atomic mass is 79.9. The van der Waals surface area contributed by atoms with Gasteiger partial charge in [0.2, 0.25) is 0 Å².